The molecule has 0 aliphatic heterocycles. The molecular weight excluding hydrogens is 524 g/mol. The van der Waals surface area contributed by atoms with Crippen molar-refractivity contribution in [1.82, 2.24) is 10.1 Å². The van der Waals surface area contributed by atoms with Gasteiger partial charge < -0.3 is 14.6 Å². The second kappa shape index (κ2) is 11.0. The van der Waals surface area contributed by atoms with Gasteiger partial charge in [-0.05, 0) is 67.6 Å². The van der Waals surface area contributed by atoms with E-state index in [9.17, 15) is 13.6 Å². The van der Waals surface area contributed by atoms with E-state index >= 15 is 0 Å². The number of carbonyl (C=O) groups is 1. The molecule has 1 aliphatic rings. The first kappa shape index (κ1) is 26.4. The van der Waals surface area contributed by atoms with E-state index in [-0.39, 0.29) is 23.6 Å². The maximum Gasteiger partial charge on any atom is 0.309 e. The highest BCUT2D eigenvalue weighted by molar-refractivity contribution is 5.79. The van der Waals surface area contributed by atoms with Gasteiger partial charge in [0.1, 0.15) is 23.3 Å². The number of rotatable bonds is 8. The Bertz CT molecular complexity index is 1710. The molecule has 0 amide bonds. The summed E-state index contributed by atoms with van der Waals surface area (Å²) in [4.78, 5) is 16.5. The van der Waals surface area contributed by atoms with Crippen LogP contribution in [0.5, 0.6) is 0 Å². The van der Waals surface area contributed by atoms with Crippen molar-refractivity contribution < 1.29 is 22.8 Å². The lowest BCUT2D eigenvalue weighted by Gasteiger charge is -2.14. The minimum Gasteiger partial charge on any atom is -0.458 e. The maximum absolute atomic E-state index is 14.4. The van der Waals surface area contributed by atoms with E-state index in [1.807, 2.05) is 62.4 Å². The van der Waals surface area contributed by atoms with Crippen LogP contribution in [0, 0.1) is 24.5 Å². The number of aromatic nitrogens is 2. The largest absolute Gasteiger partial charge is 0.458 e. The smallest absolute Gasteiger partial charge is 0.309 e. The Morgan fingerprint density at radius 3 is 2.29 bits per heavy atom. The molecule has 2 heterocycles. The molecular formula is C33H27F2N3O3. The number of carbonyl (C=O) groups excluding carboxylic acids is 1. The lowest BCUT2D eigenvalue weighted by atomic mass is 10.0. The van der Waals surface area contributed by atoms with E-state index in [4.69, 9.17) is 9.26 Å². The summed E-state index contributed by atoms with van der Waals surface area (Å²) < 4.78 is 39.3. The predicted octanol–water partition coefficient (Wildman–Crippen LogP) is 8.42. The third kappa shape index (κ3) is 5.59. The number of hydrogen-bond acceptors (Lipinski definition) is 6. The van der Waals surface area contributed by atoms with Gasteiger partial charge in [-0.25, -0.2) is 13.8 Å². The Kier molecular flexibility index (Phi) is 7.05. The molecule has 0 radical (unpaired) electrons. The first-order chi connectivity index (χ1) is 19.9. The monoisotopic (exact) mass is 551 g/mol. The summed E-state index contributed by atoms with van der Waals surface area (Å²) in [5, 5.41) is 7.36. The van der Waals surface area contributed by atoms with Crippen molar-refractivity contribution in [3.05, 3.63) is 108 Å². The summed E-state index contributed by atoms with van der Waals surface area (Å²) in [6.07, 6.45) is 1.56. The predicted molar refractivity (Wildman–Crippen MR) is 152 cm³/mol. The van der Waals surface area contributed by atoms with Crippen LogP contribution >= 0.6 is 0 Å². The zero-order valence-electron chi connectivity index (χ0n) is 22.5. The standard InChI is InChI=1S/C33H27F2N3O3/c1-19-31(37-29-8-4-7-28(36-29)26-5-3-6-27(34)30(26)35)32(41-38-19)24-15-13-23(14-16-24)22-11-9-21(10-12-22)20(2)40-33(39)25-17-18-25/h3-16,20,25H,17-18H2,1-2H3,(H,36,37). The fraction of sp³-hybridized carbons (Fsp3) is 0.182. The molecule has 1 fully saturated rings. The molecule has 1 atom stereocenters. The number of ether oxygens (including phenoxy) is 1. The Labute approximate surface area is 236 Å². The number of anilines is 2. The van der Waals surface area contributed by atoms with Crippen molar-refractivity contribution in [1.29, 1.82) is 0 Å². The molecule has 1 unspecified atom stereocenters. The summed E-state index contributed by atoms with van der Waals surface area (Å²) in [7, 11) is 0. The van der Waals surface area contributed by atoms with Gasteiger partial charge in [0.25, 0.3) is 0 Å². The van der Waals surface area contributed by atoms with Crippen molar-refractivity contribution in [2.75, 3.05) is 5.32 Å². The number of halogens is 2. The summed E-state index contributed by atoms with van der Waals surface area (Å²) in [5.74, 6) is -0.946. The number of esters is 1. The van der Waals surface area contributed by atoms with E-state index in [2.05, 4.69) is 15.5 Å². The van der Waals surface area contributed by atoms with Gasteiger partial charge in [0.15, 0.2) is 17.4 Å². The second-order valence-electron chi connectivity index (χ2n) is 10.2. The number of nitrogens with one attached hydrogen (secondary N) is 1. The van der Waals surface area contributed by atoms with Crippen LogP contribution in [0.15, 0.2) is 89.5 Å². The fourth-order valence-corrected chi connectivity index (χ4v) is 4.62. The van der Waals surface area contributed by atoms with E-state index in [1.54, 1.807) is 18.2 Å². The highest BCUT2D eigenvalue weighted by Crippen LogP contribution is 2.35. The van der Waals surface area contributed by atoms with E-state index < -0.39 is 11.6 Å². The Hall–Kier alpha value is -4.85. The van der Waals surface area contributed by atoms with Crippen LogP contribution in [0.4, 0.5) is 20.3 Å². The van der Waals surface area contributed by atoms with Gasteiger partial charge in [-0.2, -0.15) is 0 Å². The first-order valence-electron chi connectivity index (χ1n) is 13.4. The molecule has 2 aromatic heterocycles. The van der Waals surface area contributed by atoms with Gasteiger partial charge in [-0.1, -0.05) is 65.8 Å². The van der Waals surface area contributed by atoms with Crippen molar-refractivity contribution >= 4 is 17.5 Å². The maximum atomic E-state index is 14.4. The minimum atomic E-state index is -0.944. The number of nitrogens with zero attached hydrogens (tertiary/aromatic N) is 2. The van der Waals surface area contributed by atoms with Crippen LogP contribution in [0.2, 0.25) is 0 Å². The van der Waals surface area contributed by atoms with Crippen LogP contribution in [-0.2, 0) is 9.53 Å². The minimum absolute atomic E-state index is 0.0744. The van der Waals surface area contributed by atoms with Crippen molar-refractivity contribution in [2.24, 2.45) is 5.92 Å². The molecule has 0 bridgehead atoms. The molecule has 0 saturated heterocycles. The second-order valence-corrected chi connectivity index (χ2v) is 10.2. The zero-order chi connectivity index (χ0) is 28.5. The normalized spacial score (nSPS) is 13.6. The van der Waals surface area contributed by atoms with Crippen molar-refractivity contribution in [2.45, 2.75) is 32.8 Å². The van der Waals surface area contributed by atoms with Gasteiger partial charge in [0.2, 0.25) is 0 Å². The van der Waals surface area contributed by atoms with Crippen molar-refractivity contribution in [3.8, 4) is 33.7 Å². The first-order valence-corrected chi connectivity index (χ1v) is 13.4. The highest BCUT2D eigenvalue weighted by Gasteiger charge is 2.32. The summed E-state index contributed by atoms with van der Waals surface area (Å²) >= 11 is 0. The van der Waals surface area contributed by atoms with Gasteiger partial charge in [0, 0.05) is 11.1 Å². The molecule has 1 N–H and O–H groups in total. The topological polar surface area (TPSA) is 77.2 Å². The van der Waals surface area contributed by atoms with Crippen LogP contribution in [-0.4, -0.2) is 16.1 Å². The molecule has 1 aliphatic carbocycles. The SMILES string of the molecule is Cc1noc(-c2ccc(-c3ccc(C(C)OC(=O)C4CC4)cc3)cc2)c1Nc1cccc(-c2cccc(F)c2F)n1. The number of aryl methyl sites for hydroxylation is 1. The van der Waals surface area contributed by atoms with Gasteiger partial charge in [0.05, 0.1) is 11.6 Å². The van der Waals surface area contributed by atoms with E-state index in [0.717, 1.165) is 41.2 Å². The molecule has 3 aromatic carbocycles. The molecule has 5 aromatic rings. The number of benzene rings is 3. The summed E-state index contributed by atoms with van der Waals surface area (Å²) in [5.41, 5.74) is 5.42. The Morgan fingerprint density at radius 2 is 1.59 bits per heavy atom. The third-order valence-corrected chi connectivity index (χ3v) is 7.16. The average Bonchev–Trinajstić information content (AvgIpc) is 3.79. The zero-order valence-corrected chi connectivity index (χ0v) is 22.5. The molecule has 0 spiro atoms. The Balaban J connectivity index is 1.19. The number of pyridine rings is 1. The average molecular weight is 552 g/mol. The Morgan fingerprint density at radius 1 is 0.927 bits per heavy atom. The van der Waals surface area contributed by atoms with Crippen LogP contribution in [0.3, 0.4) is 0 Å². The number of hydrogen-bond donors (Lipinski definition) is 1. The molecule has 8 heteroatoms. The molecule has 6 nitrogen and oxygen atoms in total. The van der Waals surface area contributed by atoms with Crippen molar-refractivity contribution in [3.63, 3.8) is 0 Å². The lowest BCUT2D eigenvalue weighted by Crippen LogP contribution is -2.10. The lowest BCUT2D eigenvalue weighted by molar-refractivity contribution is -0.150. The molecule has 206 valence electrons. The molecule has 6 rings (SSSR count). The molecule has 41 heavy (non-hydrogen) atoms. The van der Waals surface area contributed by atoms with Gasteiger partial charge in [-0.3, -0.25) is 4.79 Å². The summed E-state index contributed by atoms with van der Waals surface area (Å²) in [6.45, 7) is 3.70. The van der Waals surface area contributed by atoms with Crippen LogP contribution < -0.4 is 5.32 Å². The van der Waals surface area contributed by atoms with Gasteiger partial charge in [-0.15, -0.1) is 0 Å². The van der Waals surface area contributed by atoms with E-state index in [0.29, 0.717) is 28.7 Å². The van der Waals surface area contributed by atoms with Crippen LogP contribution in [0.1, 0.15) is 37.1 Å². The van der Waals surface area contributed by atoms with E-state index in [1.165, 1.54) is 12.1 Å². The van der Waals surface area contributed by atoms with Crippen LogP contribution in [0.25, 0.3) is 33.7 Å². The third-order valence-electron chi connectivity index (χ3n) is 7.16. The summed E-state index contributed by atoms with van der Waals surface area (Å²) in [6, 6.07) is 24.9. The quantitative estimate of drug-likeness (QED) is 0.195. The highest BCUT2D eigenvalue weighted by atomic mass is 19.2. The fourth-order valence-electron chi connectivity index (χ4n) is 4.62. The molecule has 1 saturated carbocycles. The van der Waals surface area contributed by atoms with Gasteiger partial charge >= 0.3 is 5.97 Å².